The lowest BCUT2D eigenvalue weighted by atomic mass is 9.82. The van der Waals surface area contributed by atoms with Gasteiger partial charge in [-0.2, -0.15) is 0 Å². The third-order valence-electron chi connectivity index (χ3n) is 5.08. The first-order chi connectivity index (χ1) is 11.6. The molecule has 0 amide bonds. The number of nitrogens with zero attached hydrogens (tertiary/aromatic N) is 4. The standard InChI is InChI=1S/C20H34N4/c1-16(2)21-14-22-17(3)12-18-8-7-11-20(13-18)24-15-23-19-9-5-4-6-10-19/h16-20H,4-13H2,1-3H3. The minimum atomic E-state index is 0.276. The fourth-order valence-corrected chi connectivity index (χ4v) is 3.78. The summed E-state index contributed by atoms with van der Waals surface area (Å²) in [5, 5.41) is 0. The zero-order valence-corrected chi connectivity index (χ0v) is 15.7. The molecule has 2 rings (SSSR count). The molecule has 24 heavy (non-hydrogen) atoms. The molecule has 2 fully saturated rings. The molecule has 134 valence electrons. The van der Waals surface area contributed by atoms with Crippen molar-refractivity contribution in [2.24, 2.45) is 25.9 Å². The summed E-state index contributed by atoms with van der Waals surface area (Å²) in [4.78, 5) is 17.8. The van der Waals surface area contributed by atoms with Gasteiger partial charge in [0.05, 0.1) is 36.2 Å². The van der Waals surface area contributed by atoms with Crippen molar-refractivity contribution in [1.82, 2.24) is 0 Å². The second-order valence-corrected chi connectivity index (χ2v) is 7.87. The van der Waals surface area contributed by atoms with Crippen LogP contribution in [0.2, 0.25) is 0 Å². The zero-order valence-electron chi connectivity index (χ0n) is 15.7. The van der Waals surface area contributed by atoms with E-state index in [4.69, 9.17) is 0 Å². The summed E-state index contributed by atoms with van der Waals surface area (Å²) in [6.45, 7) is 6.26. The van der Waals surface area contributed by atoms with Gasteiger partial charge in [0.25, 0.3) is 0 Å². The summed E-state index contributed by atoms with van der Waals surface area (Å²) in [6, 6.07) is 7.37. The predicted octanol–water partition coefficient (Wildman–Crippen LogP) is 5.41. The largest absolute Gasteiger partial charge is 0.223 e. The number of hydrogen-bond acceptors (Lipinski definition) is 4. The highest BCUT2D eigenvalue weighted by molar-refractivity contribution is 5.42. The lowest BCUT2D eigenvalue weighted by molar-refractivity contribution is 0.296. The molecule has 0 saturated heterocycles. The maximum atomic E-state index is 4.64. The van der Waals surface area contributed by atoms with Gasteiger partial charge in [0.2, 0.25) is 0 Å². The highest BCUT2D eigenvalue weighted by Gasteiger charge is 2.22. The van der Waals surface area contributed by atoms with E-state index in [-0.39, 0.29) is 6.04 Å². The van der Waals surface area contributed by atoms with Crippen LogP contribution in [0.1, 0.15) is 85.0 Å². The van der Waals surface area contributed by atoms with Crippen molar-refractivity contribution in [3.8, 4) is 0 Å². The Bertz CT molecular complexity index is 478. The van der Waals surface area contributed by atoms with Crippen molar-refractivity contribution < 1.29 is 0 Å². The molecule has 4 heteroatoms. The number of hydrogen-bond donors (Lipinski definition) is 0. The molecule has 4 nitrogen and oxygen atoms in total. The lowest BCUT2D eigenvalue weighted by Gasteiger charge is -2.26. The Hall–Kier alpha value is -1.24. The van der Waals surface area contributed by atoms with Crippen molar-refractivity contribution in [2.75, 3.05) is 0 Å². The Balaban J connectivity index is 1.78. The van der Waals surface area contributed by atoms with Crippen molar-refractivity contribution in [1.29, 1.82) is 0 Å². The van der Waals surface area contributed by atoms with Crippen LogP contribution < -0.4 is 0 Å². The van der Waals surface area contributed by atoms with Crippen LogP contribution >= 0.6 is 0 Å². The Kier molecular flexibility index (Phi) is 8.42. The van der Waals surface area contributed by atoms with E-state index in [1.54, 1.807) is 0 Å². The SMILES string of the molecule is CC(C)N=C=NC(C)CC1CCCC(N=C=NC2CCCCC2)C1. The van der Waals surface area contributed by atoms with Gasteiger partial charge in [0.1, 0.15) is 0 Å². The van der Waals surface area contributed by atoms with Crippen LogP contribution in [-0.4, -0.2) is 36.2 Å². The fourth-order valence-electron chi connectivity index (χ4n) is 3.78. The smallest absolute Gasteiger partial charge is 0.0898 e. The summed E-state index contributed by atoms with van der Waals surface area (Å²) < 4.78 is 0. The lowest BCUT2D eigenvalue weighted by Crippen LogP contribution is -2.21. The average Bonchev–Trinajstić information content (AvgIpc) is 2.56. The molecular weight excluding hydrogens is 296 g/mol. The van der Waals surface area contributed by atoms with Crippen LogP contribution in [0.3, 0.4) is 0 Å². The normalized spacial score (nSPS) is 26.2. The van der Waals surface area contributed by atoms with E-state index in [0.717, 1.165) is 12.8 Å². The van der Waals surface area contributed by atoms with Crippen molar-refractivity contribution in [3.05, 3.63) is 0 Å². The van der Waals surface area contributed by atoms with Crippen LogP contribution in [-0.2, 0) is 0 Å². The Morgan fingerprint density at radius 1 is 0.792 bits per heavy atom. The summed E-state index contributed by atoms with van der Waals surface area (Å²) in [6.07, 6.45) is 12.5. The molecule has 3 atom stereocenters. The quantitative estimate of drug-likeness (QED) is 0.584. The number of aliphatic imine (C=N–C) groups is 4. The minimum Gasteiger partial charge on any atom is -0.223 e. The molecule has 0 aromatic rings. The average molecular weight is 331 g/mol. The highest BCUT2D eigenvalue weighted by Crippen LogP contribution is 2.30. The monoisotopic (exact) mass is 330 g/mol. The topological polar surface area (TPSA) is 49.4 Å². The molecule has 0 aromatic heterocycles. The second kappa shape index (κ2) is 10.6. The van der Waals surface area contributed by atoms with E-state index in [1.807, 2.05) is 13.8 Å². The molecule has 0 heterocycles. The molecule has 0 aliphatic heterocycles. The Labute approximate surface area is 147 Å². The predicted molar refractivity (Wildman–Crippen MR) is 102 cm³/mol. The first-order valence-electron chi connectivity index (χ1n) is 9.93. The van der Waals surface area contributed by atoms with Crippen LogP contribution in [0.15, 0.2) is 20.0 Å². The van der Waals surface area contributed by atoms with Crippen LogP contribution in [0.25, 0.3) is 0 Å². The van der Waals surface area contributed by atoms with E-state index < -0.39 is 0 Å². The van der Waals surface area contributed by atoms with Gasteiger partial charge in [-0.05, 0) is 58.8 Å². The molecule has 0 N–H and O–H groups in total. The van der Waals surface area contributed by atoms with Gasteiger partial charge in [-0.15, -0.1) is 0 Å². The van der Waals surface area contributed by atoms with Gasteiger partial charge >= 0.3 is 0 Å². The Morgan fingerprint density at radius 3 is 2.25 bits per heavy atom. The number of rotatable bonds is 6. The van der Waals surface area contributed by atoms with Gasteiger partial charge in [-0.1, -0.05) is 32.1 Å². The third kappa shape index (κ3) is 7.55. The first-order valence-corrected chi connectivity index (χ1v) is 9.93. The maximum Gasteiger partial charge on any atom is 0.0898 e. The molecule has 2 saturated carbocycles. The molecule has 0 radical (unpaired) electrons. The zero-order chi connectivity index (χ0) is 17.2. The van der Waals surface area contributed by atoms with Gasteiger partial charge in [-0.25, -0.2) is 20.0 Å². The summed E-state index contributed by atoms with van der Waals surface area (Å²) in [5.74, 6) is 0.712. The second-order valence-electron chi connectivity index (χ2n) is 7.87. The summed E-state index contributed by atoms with van der Waals surface area (Å²) >= 11 is 0. The van der Waals surface area contributed by atoms with Gasteiger partial charge < -0.3 is 0 Å². The first kappa shape index (κ1) is 19.1. The van der Waals surface area contributed by atoms with Crippen molar-refractivity contribution in [2.45, 2.75) is 109 Å². The maximum absolute atomic E-state index is 4.64. The summed E-state index contributed by atoms with van der Waals surface area (Å²) in [5.41, 5.74) is 0. The Morgan fingerprint density at radius 2 is 1.50 bits per heavy atom. The summed E-state index contributed by atoms with van der Waals surface area (Å²) in [7, 11) is 0. The minimum absolute atomic E-state index is 0.276. The van der Waals surface area contributed by atoms with Crippen LogP contribution in [0, 0.1) is 5.92 Å². The van der Waals surface area contributed by atoms with Crippen molar-refractivity contribution in [3.63, 3.8) is 0 Å². The van der Waals surface area contributed by atoms with Gasteiger partial charge in [0, 0.05) is 0 Å². The molecule has 0 aromatic carbocycles. The molecule has 0 bridgehead atoms. The van der Waals surface area contributed by atoms with E-state index in [1.165, 1.54) is 51.4 Å². The van der Waals surface area contributed by atoms with E-state index in [2.05, 4.69) is 38.9 Å². The van der Waals surface area contributed by atoms with E-state index in [0.29, 0.717) is 24.0 Å². The van der Waals surface area contributed by atoms with Crippen molar-refractivity contribution >= 4 is 12.0 Å². The van der Waals surface area contributed by atoms with Crippen LogP contribution in [0.4, 0.5) is 0 Å². The molecule has 0 spiro atoms. The highest BCUT2D eigenvalue weighted by atomic mass is 14.9. The van der Waals surface area contributed by atoms with Crippen LogP contribution in [0.5, 0.6) is 0 Å². The molecule has 3 unspecified atom stereocenters. The molecule has 2 aliphatic rings. The van der Waals surface area contributed by atoms with E-state index >= 15 is 0 Å². The van der Waals surface area contributed by atoms with Gasteiger partial charge in [-0.3, -0.25) is 0 Å². The fraction of sp³-hybridized carbons (Fsp3) is 0.900. The van der Waals surface area contributed by atoms with E-state index in [9.17, 15) is 0 Å². The molecular formula is C20H34N4. The third-order valence-corrected chi connectivity index (χ3v) is 5.08. The molecule has 2 aliphatic carbocycles. The van der Waals surface area contributed by atoms with Gasteiger partial charge in [0.15, 0.2) is 0 Å².